The van der Waals surface area contributed by atoms with Crippen LogP contribution in [0, 0.1) is 41.5 Å². The van der Waals surface area contributed by atoms with E-state index in [2.05, 4.69) is 61.5 Å². The standard InChI is InChI=1S/C22H23N3OS/c1-11-7-8-17(9-12(11)2)25-13(3)10-18(15(25)5)20-23-21(26)19-14(4)16(6)27-22(19)24-20/h7-10H,1-6H3,(H,23,24,26). The summed E-state index contributed by atoms with van der Waals surface area (Å²) >= 11 is 1.58. The molecule has 0 aliphatic heterocycles. The molecule has 0 bridgehead atoms. The van der Waals surface area contributed by atoms with E-state index >= 15 is 0 Å². The van der Waals surface area contributed by atoms with E-state index in [0.717, 1.165) is 37.9 Å². The van der Waals surface area contributed by atoms with Crippen molar-refractivity contribution in [3.63, 3.8) is 0 Å². The van der Waals surface area contributed by atoms with Crippen molar-refractivity contribution in [2.24, 2.45) is 0 Å². The van der Waals surface area contributed by atoms with Gasteiger partial charge in [-0.05, 0) is 76.4 Å². The average Bonchev–Trinajstić information content (AvgIpc) is 3.06. The zero-order valence-electron chi connectivity index (χ0n) is 16.5. The molecule has 5 heteroatoms. The van der Waals surface area contributed by atoms with E-state index in [1.807, 2.05) is 13.8 Å². The van der Waals surface area contributed by atoms with Crippen LogP contribution in [0.1, 0.15) is 33.0 Å². The highest BCUT2D eigenvalue weighted by molar-refractivity contribution is 7.18. The number of aryl methyl sites for hydroxylation is 5. The van der Waals surface area contributed by atoms with Gasteiger partial charge >= 0.3 is 0 Å². The Kier molecular flexibility index (Phi) is 4.07. The van der Waals surface area contributed by atoms with E-state index in [-0.39, 0.29) is 5.56 Å². The van der Waals surface area contributed by atoms with Gasteiger partial charge in [-0.3, -0.25) is 4.79 Å². The molecule has 138 valence electrons. The monoisotopic (exact) mass is 377 g/mol. The smallest absolute Gasteiger partial charge is 0.260 e. The Labute approximate surface area is 162 Å². The lowest BCUT2D eigenvalue weighted by Crippen LogP contribution is -2.09. The number of nitrogens with one attached hydrogen (secondary N) is 1. The van der Waals surface area contributed by atoms with Crippen molar-refractivity contribution in [3.05, 3.63) is 67.6 Å². The Morgan fingerprint density at radius 1 is 1.00 bits per heavy atom. The van der Waals surface area contributed by atoms with Crippen LogP contribution in [-0.4, -0.2) is 14.5 Å². The summed E-state index contributed by atoms with van der Waals surface area (Å²) in [5.41, 5.74) is 7.79. The van der Waals surface area contributed by atoms with Gasteiger partial charge in [0.05, 0.1) is 5.39 Å². The third-order valence-electron chi connectivity index (χ3n) is 5.47. The molecule has 1 N–H and O–H groups in total. The molecule has 4 nitrogen and oxygen atoms in total. The molecule has 0 atom stereocenters. The molecule has 1 aromatic carbocycles. The number of fused-ring (bicyclic) bond motifs is 1. The fourth-order valence-corrected chi connectivity index (χ4v) is 4.68. The summed E-state index contributed by atoms with van der Waals surface area (Å²) in [5.74, 6) is 0.636. The first kappa shape index (κ1) is 17.7. The molecule has 3 heterocycles. The molecule has 0 saturated heterocycles. The normalized spacial score (nSPS) is 11.5. The maximum absolute atomic E-state index is 12.7. The number of aromatic nitrogens is 3. The lowest BCUT2D eigenvalue weighted by Gasteiger charge is -2.12. The van der Waals surface area contributed by atoms with Gasteiger partial charge in [0.1, 0.15) is 10.7 Å². The Morgan fingerprint density at radius 3 is 2.44 bits per heavy atom. The summed E-state index contributed by atoms with van der Waals surface area (Å²) in [6, 6.07) is 8.58. The predicted molar refractivity (Wildman–Crippen MR) is 113 cm³/mol. The van der Waals surface area contributed by atoms with Gasteiger partial charge in [-0.15, -0.1) is 11.3 Å². The number of thiophene rings is 1. The van der Waals surface area contributed by atoms with Crippen molar-refractivity contribution in [2.75, 3.05) is 0 Å². The van der Waals surface area contributed by atoms with Gasteiger partial charge in [-0.2, -0.15) is 0 Å². The van der Waals surface area contributed by atoms with Gasteiger partial charge in [0.2, 0.25) is 0 Å². The van der Waals surface area contributed by atoms with Crippen molar-refractivity contribution >= 4 is 21.6 Å². The van der Waals surface area contributed by atoms with Crippen molar-refractivity contribution in [1.29, 1.82) is 0 Å². The Bertz CT molecular complexity index is 1260. The summed E-state index contributed by atoms with van der Waals surface area (Å²) < 4.78 is 2.22. The Balaban J connectivity index is 1.92. The predicted octanol–water partition coefficient (Wildman–Crippen LogP) is 5.29. The first-order chi connectivity index (χ1) is 12.8. The summed E-state index contributed by atoms with van der Waals surface area (Å²) in [7, 11) is 0. The molecule has 0 saturated carbocycles. The van der Waals surface area contributed by atoms with Gasteiger partial charge in [-0.1, -0.05) is 6.07 Å². The minimum absolute atomic E-state index is 0.0622. The lowest BCUT2D eigenvalue weighted by molar-refractivity contribution is 0.961. The highest BCUT2D eigenvalue weighted by Crippen LogP contribution is 2.31. The van der Waals surface area contributed by atoms with Crippen LogP contribution in [0.2, 0.25) is 0 Å². The summed E-state index contributed by atoms with van der Waals surface area (Å²) in [6.45, 7) is 12.4. The van der Waals surface area contributed by atoms with Crippen molar-refractivity contribution < 1.29 is 0 Å². The second-order valence-electron chi connectivity index (χ2n) is 7.27. The van der Waals surface area contributed by atoms with E-state index in [1.54, 1.807) is 11.3 Å². The molecule has 0 radical (unpaired) electrons. The number of aromatic amines is 1. The molecular weight excluding hydrogens is 354 g/mol. The number of H-pyrrole nitrogens is 1. The molecule has 4 rings (SSSR count). The zero-order chi connectivity index (χ0) is 19.5. The van der Waals surface area contributed by atoms with Gasteiger partial charge in [0.15, 0.2) is 0 Å². The third-order valence-corrected chi connectivity index (χ3v) is 6.58. The zero-order valence-corrected chi connectivity index (χ0v) is 17.3. The number of rotatable bonds is 2. The van der Waals surface area contributed by atoms with E-state index in [4.69, 9.17) is 4.98 Å². The maximum atomic E-state index is 12.7. The second-order valence-corrected chi connectivity index (χ2v) is 8.47. The van der Waals surface area contributed by atoms with Crippen molar-refractivity contribution in [3.8, 4) is 17.1 Å². The summed E-state index contributed by atoms with van der Waals surface area (Å²) in [6.07, 6.45) is 0. The lowest BCUT2D eigenvalue weighted by atomic mass is 10.1. The van der Waals surface area contributed by atoms with Crippen LogP contribution in [0.3, 0.4) is 0 Å². The van der Waals surface area contributed by atoms with Crippen LogP contribution in [0.15, 0.2) is 29.1 Å². The van der Waals surface area contributed by atoms with Crippen LogP contribution in [0.25, 0.3) is 27.3 Å². The fourth-order valence-electron chi connectivity index (χ4n) is 3.65. The maximum Gasteiger partial charge on any atom is 0.260 e. The molecule has 3 aromatic heterocycles. The van der Waals surface area contributed by atoms with Crippen LogP contribution in [0.5, 0.6) is 0 Å². The largest absolute Gasteiger partial charge is 0.318 e. The molecular formula is C22H23N3OS. The summed E-state index contributed by atoms with van der Waals surface area (Å²) in [4.78, 5) is 22.4. The molecule has 27 heavy (non-hydrogen) atoms. The molecule has 0 aliphatic rings. The molecule has 0 amide bonds. The Morgan fingerprint density at radius 2 is 1.74 bits per heavy atom. The minimum atomic E-state index is -0.0622. The molecule has 0 spiro atoms. The number of hydrogen-bond acceptors (Lipinski definition) is 3. The SMILES string of the molecule is Cc1ccc(-n2c(C)cc(-c3nc4sc(C)c(C)c4c(=O)[nH]3)c2C)cc1C. The quantitative estimate of drug-likeness (QED) is 0.516. The van der Waals surface area contributed by atoms with E-state index < -0.39 is 0 Å². The van der Waals surface area contributed by atoms with Crippen LogP contribution in [-0.2, 0) is 0 Å². The van der Waals surface area contributed by atoms with Crippen LogP contribution >= 0.6 is 11.3 Å². The van der Waals surface area contributed by atoms with Gasteiger partial charge < -0.3 is 9.55 Å². The molecule has 0 unspecified atom stereocenters. The molecule has 0 aliphatic carbocycles. The average molecular weight is 378 g/mol. The molecule has 4 aromatic rings. The summed E-state index contributed by atoms with van der Waals surface area (Å²) in [5, 5.41) is 0.712. The van der Waals surface area contributed by atoms with Crippen molar-refractivity contribution in [2.45, 2.75) is 41.5 Å². The first-order valence-electron chi connectivity index (χ1n) is 9.05. The van der Waals surface area contributed by atoms with Crippen LogP contribution < -0.4 is 5.56 Å². The second kappa shape index (κ2) is 6.20. The van der Waals surface area contributed by atoms with E-state index in [1.165, 1.54) is 11.1 Å². The van der Waals surface area contributed by atoms with Crippen LogP contribution in [0.4, 0.5) is 0 Å². The number of nitrogens with zero attached hydrogens (tertiary/aromatic N) is 2. The number of hydrogen-bond donors (Lipinski definition) is 1. The first-order valence-corrected chi connectivity index (χ1v) is 9.86. The third kappa shape index (κ3) is 2.73. The number of benzene rings is 1. The van der Waals surface area contributed by atoms with Gasteiger partial charge in [0.25, 0.3) is 5.56 Å². The van der Waals surface area contributed by atoms with E-state index in [0.29, 0.717) is 11.2 Å². The topological polar surface area (TPSA) is 50.7 Å². The molecule has 0 fully saturated rings. The minimum Gasteiger partial charge on any atom is -0.318 e. The highest BCUT2D eigenvalue weighted by atomic mass is 32.1. The Hall–Kier alpha value is -2.66. The van der Waals surface area contributed by atoms with Gasteiger partial charge in [0, 0.05) is 27.5 Å². The fraction of sp³-hybridized carbons (Fsp3) is 0.273. The highest BCUT2D eigenvalue weighted by Gasteiger charge is 2.17. The van der Waals surface area contributed by atoms with Gasteiger partial charge in [-0.25, -0.2) is 4.98 Å². The van der Waals surface area contributed by atoms with Crippen molar-refractivity contribution in [1.82, 2.24) is 14.5 Å². The van der Waals surface area contributed by atoms with E-state index in [9.17, 15) is 4.79 Å².